The molecule has 1 rings (SSSR count). The van der Waals surface area contributed by atoms with Crippen LogP contribution in [0.4, 0.5) is 5.69 Å². The molecule has 1 amide bonds. The molecular formula is C13H18N2O2. The number of rotatable bonds is 5. The summed E-state index contributed by atoms with van der Waals surface area (Å²) in [5, 5.41) is 2.81. The molecule has 0 radical (unpaired) electrons. The molecule has 0 unspecified atom stereocenters. The molecule has 0 aliphatic carbocycles. The van der Waals surface area contributed by atoms with E-state index in [0.717, 1.165) is 0 Å². The van der Waals surface area contributed by atoms with Crippen molar-refractivity contribution in [1.29, 1.82) is 0 Å². The number of allylic oxidation sites excluding steroid dienone is 1. The minimum absolute atomic E-state index is 0.0515. The zero-order valence-corrected chi connectivity index (χ0v) is 10.5. The number of nitrogens with zero attached hydrogens (tertiary/aromatic N) is 1. The molecule has 0 fully saturated rings. The fraction of sp³-hybridized carbons (Fsp3) is 0.385. The van der Waals surface area contributed by atoms with Gasteiger partial charge in [-0.25, -0.2) is 4.98 Å². The normalized spacial score (nSPS) is 10.8. The van der Waals surface area contributed by atoms with Crippen LogP contribution < -0.4 is 10.1 Å². The average Bonchev–Trinajstić information content (AvgIpc) is 2.30. The predicted molar refractivity (Wildman–Crippen MR) is 68.0 cm³/mol. The van der Waals surface area contributed by atoms with Gasteiger partial charge in [0.15, 0.2) is 0 Å². The molecule has 0 spiro atoms. The summed E-state index contributed by atoms with van der Waals surface area (Å²) in [6.45, 7) is 7.40. The van der Waals surface area contributed by atoms with Gasteiger partial charge in [-0.2, -0.15) is 0 Å². The smallest absolute Gasteiger partial charge is 0.230 e. The number of ether oxygens (including phenoxy) is 1. The van der Waals surface area contributed by atoms with Gasteiger partial charge < -0.3 is 10.1 Å². The molecule has 4 nitrogen and oxygen atoms in total. The van der Waals surface area contributed by atoms with Crippen LogP contribution in [0.15, 0.2) is 31.0 Å². The molecule has 0 aromatic carbocycles. The molecule has 0 aliphatic rings. The molecule has 0 saturated carbocycles. The van der Waals surface area contributed by atoms with E-state index in [1.165, 1.54) is 0 Å². The largest absolute Gasteiger partial charge is 0.481 e. The van der Waals surface area contributed by atoms with Crippen LogP contribution >= 0.6 is 0 Å². The van der Waals surface area contributed by atoms with Crippen LogP contribution in [0.2, 0.25) is 0 Å². The topological polar surface area (TPSA) is 51.2 Å². The van der Waals surface area contributed by atoms with E-state index < -0.39 is 5.41 Å². The van der Waals surface area contributed by atoms with Crippen LogP contribution in [0.25, 0.3) is 0 Å². The number of hydrogen-bond acceptors (Lipinski definition) is 3. The first-order valence-electron chi connectivity index (χ1n) is 5.42. The van der Waals surface area contributed by atoms with Gasteiger partial charge in [-0.05, 0) is 12.5 Å². The second kappa shape index (κ2) is 5.48. The van der Waals surface area contributed by atoms with E-state index in [9.17, 15) is 4.79 Å². The van der Waals surface area contributed by atoms with Crippen molar-refractivity contribution < 1.29 is 9.53 Å². The summed E-state index contributed by atoms with van der Waals surface area (Å²) in [6, 6.07) is 3.46. The Morgan fingerprint density at radius 1 is 1.59 bits per heavy atom. The SMILES string of the molecule is C=CCC(C)(C)C(=O)Nc1ccc(OC)nc1. The number of aromatic nitrogens is 1. The molecule has 0 aliphatic heterocycles. The third-order valence-corrected chi connectivity index (χ3v) is 2.47. The highest BCUT2D eigenvalue weighted by Gasteiger charge is 2.25. The maximum absolute atomic E-state index is 12.0. The summed E-state index contributed by atoms with van der Waals surface area (Å²) in [5.41, 5.74) is 0.190. The average molecular weight is 234 g/mol. The van der Waals surface area contributed by atoms with Crippen LogP contribution in [0.1, 0.15) is 20.3 Å². The Kier molecular flexibility index (Phi) is 4.26. The van der Waals surface area contributed by atoms with Crippen molar-refractivity contribution >= 4 is 11.6 Å². The molecule has 0 saturated heterocycles. The van der Waals surface area contributed by atoms with Gasteiger partial charge in [0.05, 0.1) is 19.0 Å². The summed E-state index contributed by atoms with van der Waals surface area (Å²) in [6.07, 6.45) is 3.94. The molecular weight excluding hydrogens is 216 g/mol. The highest BCUT2D eigenvalue weighted by atomic mass is 16.5. The van der Waals surface area contributed by atoms with Gasteiger partial charge in [0.1, 0.15) is 0 Å². The fourth-order valence-electron chi connectivity index (χ4n) is 1.33. The number of carbonyl (C=O) groups excluding carboxylic acids is 1. The van der Waals surface area contributed by atoms with Gasteiger partial charge in [0, 0.05) is 11.5 Å². The van der Waals surface area contributed by atoms with E-state index in [0.29, 0.717) is 18.0 Å². The van der Waals surface area contributed by atoms with Crippen molar-refractivity contribution in [2.24, 2.45) is 5.41 Å². The predicted octanol–water partition coefficient (Wildman–Crippen LogP) is 2.63. The molecule has 0 atom stereocenters. The van der Waals surface area contributed by atoms with Crippen LogP contribution in [-0.4, -0.2) is 18.0 Å². The second-order valence-electron chi connectivity index (χ2n) is 4.42. The highest BCUT2D eigenvalue weighted by Crippen LogP contribution is 2.23. The van der Waals surface area contributed by atoms with E-state index in [1.807, 2.05) is 13.8 Å². The summed E-state index contributed by atoms with van der Waals surface area (Å²) in [7, 11) is 1.55. The lowest BCUT2D eigenvalue weighted by Crippen LogP contribution is -2.30. The standard InChI is InChI=1S/C13H18N2O2/c1-5-8-13(2,3)12(16)15-10-6-7-11(17-4)14-9-10/h5-7,9H,1,8H2,2-4H3,(H,15,16). The number of anilines is 1. The highest BCUT2D eigenvalue weighted by molar-refractivity contribution is 5.94. The minimum atomic E-state index is -0.471. The van der Waals surface area contributed by atoms with Gasteiger partial charge in [0.2, 0.25) is 11.8 Å². The maximum Gasteiger partial charge on any atom is 0.230 e. The molecule has 1 heterocycles. The lowest BCUT2D eigenvalue weighted by atomic mass is 9.88. The first kappa shape index (κ1) is 13.2. The Balaban J connectivity index is 2.70. The third-order valence-electron chi connectivity index (χ3n) is 2.47. The van der Waals surface area contributed by atoms with Crippen molar-refractivity contribution in [3.63, 3.8) is 0 Å². The third kappa shape index (κ3) is 3.59. The first-order valence-corrected chi connectivity index (χ1v) is 5.42. The van der Waals surface area contributed by atoms with Crippen molar-refractivity contribution in [2.75, 3.05) is 12.4 Å². The van der Waals surface area contributed by atoms with Gasteiger partial charge in [-0.1, -0.05) is 19.9 Å². The number of pyridine rings is 1. The molecule has 17 heavy (non-hydrogen) atoms. The maximum atomic E-state index is 12.0. The van der Waals surface area contributed by atoms with E-state index in [2.05, 4.69) is 16.9 Å². The molecule has 1 aromatic heterocycles. The van der Waals surface area contributed by atoms with E-state index in [4.69, 9.17) is 4.74 Å². The Morgan fingerprint density at radius 2 is 2.29 bits per heavy atom. The summed E-state index contributed by atoms with van der Waals surface area (Å²) >= 11 is 0. The lowest BCUT2D eigenvalue weighted by molar-refractivity contribution is -0.123. The molecule has 92 valence electrons. The number of methoxy groups -OCH3 is 1. The summed E-state index contributed by atoms with van der Waals surface area (Å²) in [4.78, 5) is 16.0. The van der Waals surface area contributed by atoms with Crippen LogP contribution in [0.5, 0.6) is 5.88 Å². The molecule has 1 N–H and O–H groups in total. The van der Waals surface area contributed by atoms with Crippen LogP contribution in [0.3, 0.4) is 0 Å². The van der Waals surface area contributed by atoms with E-state index >= 15 is 0 Å². The number of carbonyl (C=O) groups is 1. The van der Waals surface area contributed by atoms with Crippen LogP contribution in [-0.2, 0) is 4.79 Å². The number of amides is 1. The van der Waals surface area contributed by atoms with Crippen molar-refractivity contribution in [1.82, 2.24) is 4.98 Å². The summed E-state index contributed by atoms with van der Waals surface area (Å²) in [5.74, 6) is 0.470. The van der Waals surface area contributed by atoms with E-state index in [1.54, 1.807) is 31.5 Å². The second-order valence-corrected chi connectivity index (χ2v) is 4.42. The number of nitrogens with one attached hydrogen (secondary N) is 1. The minimum Gasteiger partial charge on any atom is -0.481 e. The van der Waals surface area contributed by atoms with Gasteiger partial charge in [-0.15, -0.1) is 6.58 Å². The quantitative estimate of drug-likeness (QED) is 0.797. The number of hydrogen-bond donors (Lipinski definition) is 1. The van der Waals surface area contributed by atoms with Crippen molar-refractivity contribution in [2.45, 2.75) is 20.3 Å². The zero-order chi connectivity index (χ0) is 12.9. The Hall–Kier alpha value is -1.84. The van der Waals surface area contributed by atoms with Crippen molar-refractivity contribution in [3.8, 4) is 5.88 Å². The Labute approximate surface area is 102 Å². The van der Waals surface area contributed by atoms with Gasteiger partial charge in [0.25, 0.3) is 0 Å². The van der Waals surface area contributed by atoms with Crippen LogP contribution in [0, 0.1) is 5.41 Å². The monoisotopic (exact) mass is 234 g/mol. The van der Waals surface area contributed by atoms with Crippen molar-refractivity contribution in [3.05, 3.63) is 31.0 Å². The Bertz CT molecular complexity index is 396. The first-order chi connectivity index (χ1) is 7.99. The van der Waals surface area contributed by atoms with Gasteiger partial charge >= 0.3 is 0 Å². The van der Waals surface area contributed by atoms with Gasteiger partial charge in [-0.3, -0.25) is 4.79 Å². The zero-order valence-electron chi connectivity index (χ0n) is 10.5. The molecule has 1 aromatic rings. The fourth-order valence-corrected chi connectivity index (χ4v) is 1.33. The summed E-state index contributed by atoms with van der Waals surface area (Å²) < 4.78 is 4.94. The molecule has 0 bridgehead atoms. The lowest BCUT2D eigenvalue weighted by Gasteiger charge is -2.21. The molecule has 4 heteroatoms. The Morgan fingerprint density at radius 3 is 2.76 bits per heavy atom. The van der Waals surface area contributed by atoms with E-state index in [-0.39, 0.29) is 5.91 Å².